The number of ketones is 1. The van der Waals surface area contributed by atoms with E-state index in [2.05, 4.69) is 0 Å². The molecule has 0 saturated carbocycles. The smallest absolute Gasteiger partial charge is 0.227 e. The molecule has 0 spiro atoms. The number of fused-ring (bicyclic) bond motifs is 1. The number of likely N-dealkylation sites (tertiary alicyclic amines) is 1. The maximum absolute atomic E-state index is 13.8. The molecule has 3 aromatic carbocycles. The molecule has 196 valence electrons. The first-order valence-electron chi connectivity index (χ1n) is 12.8. The Kier molecular flexibility index (Phi) is 6.88. The van der Waals surface area contributed by atoms with Gasteiger partial charge in [-0.3, -0.25) is 9.59 Å². The van der Waals surface area contributed by atoms with Crippen molar-refractivity contribution in [3.05, 3.63) is 77.9 Å². The van der Waals surface area contributed by atoms with E-state index in [0.717, 1.165) is 33.4 Å². The van der Waals surface area contributed by atoms with Crippen molar-refractivity contribution in [3.8, 4) is 27.7 Å². The zero-order chi connectivity index (χ0) is 27.0. The van der Waals surface area contributed by atoms with Crippen molar-refractivity contribution in [3.63, 3.8) is 0 Å². The van der Waals surface area contributed by atoms with Gasteiger partial charge in [0.1, 0.15) is 23.4 Å². The van der Waals surface area contributed by atoms with Crippen LogP contribution in [-0.4, -0.2) is 46.0 Å². The predicted octanol–water partition coefficient (Wildman–Crippen LogP) is 6.63. The zero-order valence-electron chi connectivity index (χ0n) is 21.7. The van der Waals surface area contributed by atoms with E-state index in [1.807, 2.05) is 37.8 Å². The lowest BCUT2D eigenvalue weighted by atomic mass is 9.93. The number of hydrogen-bond donors (Lipinski definition) is 2. The number of rotatable bonds is 5. The zero-order valence-corrected chi connectivity index (χ0v) is 22.5. The first-order valence-corrected chi connectivity index (χ1v) is 13.6. The van der Waals surface area contributed by atoms with Crippen LogP contribution in [0.4, 0.5) is 0 Å². The van der Waals surface area contributed by atoms with Crippen LogP contribution in [0.2, 0.25) is 0 Å². The largest absolute Gasteiger partial charge is 0.508 e. The van der Waals surface area contributed by atoms with Gasteiger partial charge in [0.25, 0.3) is 0 Å². The van der Waals surface area contributed by atoms with Gasteiger partial charge in [-0.1, -0.05) is 20.8 Å². The molecule has 5 rings (SSSR count). The third-order valence-electron chi connectivity index (χ3n) is 6.82. The van der Waals surface area contributed by atoms with E-state index in [-0.39, 0.29) is 34.7 Å². The number of carbonyl (C=O) groups excluding carboxylic acids is 2. The van der Waals surface area contributed by atoms with E-state index in [1.54, 1.807) is 54.6 Å². The number of thiophene rings is 1. The molecular weight excluding hydrogens is 498 g/mol. The van der Waals surface area contributed by atoms with Crippen LogP contribution in [0.5, 0.6) is 17.2 Å². The molecule has 0 bridgehead atoms. The van der Waals surface area contributed by atoms with Crippen molar-refractivity contribution in [2.75, 3.05) is 13.1 Å². The lowest BCUT2D eigenvalue weighted by molar-refractivity contribution is -0.141. The van der Waals surface area contributed by atoms with Gasteiger partial charge in [-0.2, -0.15) is 0 Å². The second-order valence-electron chi connectivity index (χ2n) is 10.7. The third kappa shape index (κ3) is 5.24. The van der Waals surface area contributed by atoms with Crippen LogP contribution in [0.15, 0.2) is 66.7 Å². The van der Waals surface area contributed by atoms with Gasteiger partial charge >= 0.3 is 0 Å². The van der Waals surface area contributed by atoms with E-state index in [1.165, 1.54) is 11.3 Å². The van der Waals surface area contributed by atoms with E-state index in [9.17, 15) is 19.8 Å². The van der Waals surface area contributed by atoms with Crippen LogP contribution < -0.4 is 4.74 Å². The number of nitrogens with zero attached hydrogens (tertiary/aromatic N) is 1. The van der Waals surface area contributed by atoms with Crippen LogP contribution in [-0.2, 0) is 4.79 Å². The molecule has 0 atom stereocenters. The van der Waals surface area contributed by atoms with Crippen molar-refractivity contribution in [2.45, 2.75) is 39.7 Å². The Labute approximate surface area is 226 Å². The number of aromatic hydroxyl groups is 2. The van der Waals surface area contributed by atoms with Crippen LogP contribution in [0.1, 0.15) is 49.5 Å². The Morgan fingerprint density at radius 2 is 1.53 bits per heavy atom. The van der Waals surface area contributed by atoms with E-state index < -0.39 is 0 Å². The fourth-order valence-corrected chi connectivity index (χ4v) is 6.04. The number of amides is 1. The monoisotopic (exact) mass is 529 g/mol. The Morgan fingerprint density at radius 1 is 0.895 bits per heavy atom. The maximum atomic E-state index is 13.8. The molecular formula is C31H31NO5S. The maximum Gasteiger partial charge on any atom is 0.227 e. The summed E-state index contributed by atoms with van der Waals surface area (Å²) in [5, 5.41) is 20.5. The number of piperidine rings is 1. The standard InChI is InChI=1S/C31H31NO5S/c1-31(2,3)30(36)32-16-14-24(15-17-32)37-23-11-6-19(7-12-23)28(35)27-25-13-10-22(34)18-26(25)38-29(27)20-4-8-21(33)9-5-20/h4-13,18,24,33-34H,14-17H2,1-3H3. The van der Waals surface area contributed by atoms with E-state index in [0.29, 0.717) is 30.0 Å². The molecule has 38 heavy (non-hydrogen) atoms. The lowest BCUT2D eigenvalue weighted by Gasteiger charge is -2.35. The molecule has 4 aromatic rings. The minimum atomic E-state index is -0.383. The first-order chi connectivity index (χ1) is 18.1. The highest BCUT2D eigenvalue weighted by molar-refractivity contribution is 7.22. The second-order valence-corrected chi connectivity index (χ2v) is 11.8. The minimum Gasteiger partial charge on any atom is -0.508 e. The van der Waals surface area contributed by atoms with Crippen molar-refractivity contribution < 1.29 is 24.5 Å². The Morgan fingerprint density at radius 3 is 2.16 bits per heavy atom. The van der Waals surface area contributed by atoms with E-state index in [4.69, 9.17) is 4.74 Å². The summed E-state index contributed by atoms with van der Waals surface area (Å²) in [6.07, 6.45) is 1.56. The highest BCUT2D eigenvalue weighted by atomic mass is 32.1. The number of ether oxygens (including phenoxy) is 1. The molecule has 1 aliphatic rings. The number of carbonyl (C=O) groups is 2. The van der Waals surface area contributed by atoms with Gasteiger partial charge < -0.3 is 19.8 Å². The van der Waals surface area contributed by atoms with Gasteiger partial charge in [0.15, 0.2) is 5.78 Å². The molecule has 0 radical (unpaired) electrons. The normalized spacial score (nSPS) is 14.6. The van der Waals surface area contributed by atoms with Gasteiger partial charge in [0.2, 0.25) is 5.91 Å². The topological polar surface area (TPSA) is 87.1 Å². The third-order valence-corrected chi connectivity index (χ3v) is 8.02. The van der Waals surface area contributed by atoms with Gasteiger partial charge in [-0.05, 0) is 72.3 Å². The summed E-state index contributed by atoms with van der Waals surface area (Å²) in [6, 6.07) is 19.0. The van der Waals surface area contributed by atoms with Crippen LogP contribution in [0.25, 0.3) is 20.5 Å². The molecule has 2 heterocycles. The van der Waals surface area contributed by atoms with Gasteiger partial charge in [-0.25, -0.2) is 0 Å². The molecule has 2 N–H and O–H groups in total. The fourth-order valence-electron chi connectivity index (χ4n) is 4.80. The predicted molar refractivity (Wildman–Crippen MR) is 150 cm³/mol. The summed E-state index contributed by atoms with van der Waals surface area (Å²) in [7, 11) is 0. The average molecular weight is 530 g/mol. The van der Waals surface area contributed by atoms with Crippen LogP contribution in [0, 0.1) is 5.41 Å². The van der Waals surface area contributed by atoms with Crippen LogP contribution >= 0.6 is 11.3 Å². The number of phenols is 2. The molecule has 0 unspecified atom stereocenters. The van der Waals surface area contributed by atoms with Crippen molar-refractivity contribution >= 4 is 33.1 Å². The molecule has 1 amide bonds. The molecule has 1 aromatic heterocycles. The molecule has 1 fully saturated rings. The molecule has 7 heteroatoms. The van der Waals surface area contributed by atoms with Crippen LogP contribution in [0.3, 0.4) is 0 Å². The number of phenolic OH excluding ortho intramolecular Hbond substituents is 2. The van der Waals surface area contributed by atoms with E-state index >= 15 is 0 Å². The Balaban J connectivity index is 1.35. The SMILES string of the molecule is CC(C)(C)C(=O)N1CCC(Oc2ccc(C(=O)c3c(-c4ccc(O)cc4)sc4cc(O)ccc34)cc2)CC1. The highest BCUT2D eigenvalue weighted by Gasteiger charge is 2.31. The summed E-state index contributed by atoms with van der Waals surface area (Å²) in [5.74, 6) is 1.04. The Hall–Kier alpha value is -3.84. The van der Waals surface area contributed by atoms with Crippen molar-refractivity contribution in [1.82, 2.24) is 4.90 Å². The molecule has 6 nitrogen and oxygen atoms in total. The second kappa shape index (κ2) is 10.1. The van der Waals surface area contributed by atoms with Gasteiger partial charge in [0, 0.05) is 57.4 Å². The highest BCUT2D eigenvalue weighted by Crippen LogP contribution is 2.41. The first kappa shape index (κ1) is 25.8. The van der Waals surface area contributed by atoms with Gasteiger partial charge in [0.05, 0.1) is 0 Å². The molecule has 1 saturated heterocycles. The summed E-state index contributed by atoms with van der Waals surface area (Å²) < 4.78 is 7.00. The van der Waals surface area contributed by atoms with Crippen molar-refractivity contribution in [1.29, 1.82) is 0 Å². The van der Waals surface area contributed by atoms with Gasteiger partial charge in [-0.15, -0.1) is 11.3 Å². The average Bonchev–Trinajstić information content (AvgIpc) is 3.27. The fraction of sp³-hybridized carbons (Fsp3) is 0.290. The summed E-state index contributed by atoms with van der Waals surface area (Å²) in [6.45, 7) is 7.18. The molecule has 0 aliphatic carbocycles. The quantitative estimate of drug-likeness (QED) is 0.284. The summed E-state index contributed by atoms with van der Waals surface area (Å²) in [4.78, 5) is 29.0. The lowest BCUT2D eigenvalue weighted by Crippen LogP contribution is -2.46. The summed E-state index contributed by atoms with van der Waals surface area (Å²) >= 11 is 1.43. The summed E-state index contributed by atoms with van der Waals surface area (Å²) in [5.41, 5.74) is 1.55. The Bertz CT molecular complexity index is 1470. The van der Waals surface area contributed by atoms with Crippen molar-refractivity contribution in [2.24, 2.45) is 5.41 Å². The number of benzene rings is 3. The number of hydrogen-bond acceptors (Lipinski definition) is 6. The molecule has 1 aliphatic heterocycles. The minimum absolute atomic E-state index is 0.0233.